The summed E-state index contributed by atoms with van der Waals surface area (Å²) in [4.78, 5) is 15.6. The number of nitrogens with zero attached hydrogens (tertiary/aromatic N) is 1. The molecule has 0 bridgehead atoms. The number of allylic oxidation sites excluding steroid dienone is 1. The van der Waals surface area contributed by atoms with Crippen molar-refractivity contribution >= 4 is 34.8 Å². The Bertz CT molecular complexity index is 336. The van der Waals surface area contributed by atoms with Gasteiger partial charge in [0, 0.05) is 12.8 Å². The lowest BCUT2D eigenvalue weighted by Crippen LogP contribution is -2.29. The first kappa shape index (κ1) is 14.4. The van der Waals surface area contributed by atoms with Crippen LogP contribution in [0.25, 0.3) is 0 Å². The molecule has 0 spiro atoms. The highest BCUT2D eigenvalue weighted by Crippen LogP contribution is 2.29. The lowest BCUT2D eigenvalue weighted by Gasteiger charge is -2.30. The maximum Gasteiger partial charge on any atom is 0.355 e. The molecule has 17 heavy (non-hydrogen) atoms. The van der Waals surface area contributed by atoms with Gasteiger partial charge in [0.1, 0.15) is 5.70 Å². The topological polar surface area (TPSA) is 84.9 Å². The average Bonchev–Trinajstić information content (AvgIpc) is 2.26. The largest absolute Gasteiger partial charge is 0.461 e. The minimum atomic E-state index is -0.509. The molecule has 96 valence electrons. The molecule has 0 amide bonds. The Hall–Kier alpha value is -0.630. The zero-order chi connectivity index (χ0) is 12.8. The minimum Gasteiger partial charge on any atom is -0.461 e. The first-order valence-corrected chi connectivity index (χ1v) is 6.62. The molecule has 1 saturated carbocycles. The fourth-order valence-corrected chi connectivity index (χ4v) is 1.90. The number of rotatable bonds is 5. The monoisotopic (exact) mass is 352 g/mol. The van der Waals surface area contributed by atoms with E-state index in [1.165, 1.54) is 0 Å². The fraction of sp³-hybridized carbons (Fsp3) is 0.636. The second-order valence-electron chi connectivity index (χ2n) is 3.93. The smallest absolute Gasteiger partial charge is 0.355 e. The van der Waals surface area contributed by atoms with Crippen molar-refractivity contribution in [3.63, 3.8) is 0 Å². The number of hydrogen-bond donors (Lipinski definition) is 2. The van der Waals surface area contributed by atoms with Gasteiger partial charge in [0.2, 0.25) is 0 Å². The number of carbonyl (C=O) groups is 1. The van der Waals surface area contributed by atoms with E-state index >= 15 is 0 Å². The summed E-state index contributed by atoms with van der Waals surface area (Å²) in [6.07, 6.45) is 3.40. The predicted octanol–water partition coefficient (Wildman–Crippen LogP) is 0.997. The fourth-order valence-electron chi connectivity index (χ4n) is 1.52. The van der Waals surface area contributed by atoms with Crippen LogP contribution in [-0.4, -0.2) is 36.5 Å². The molecule has 0 unspecified atom stereocenters. The Morgan fingerprint density at radius 1 is 1.65 bits per heavy atom. The standard InChI is InChI=1S/C11H17IN2O3/c1-2-17-11(16)10(13)9(12)5-14-8-3-7(4-8)6-15/h5,7-8,15H,2-4,6,13H2,1H3. The summed E-state index contributed by atoms with van der Waals surface area (Å²) in [7, 11) is 0. The lowest BCUT2D eigenvalue weighted by molar-refractivity contribution is -0.138. The number of hydrogen-bond acceptors (Lipinski definition) is 5. The molecule has 1 aliphatic carbocycles. The lowest BCUT2D eigenvalue weighted by atomic mass is 9.81. The molecule has 0 aromatic heterocycles. The second kappa shape index (κ2) is 6.95. The maximum absolute atomic E-state index is 11.3. The highest BCUT2D eigenvalue weighted by atomic mass is 127. The Kier molecular flexibility index (Phi) is 5.90. The van der Waals surface area contributed by atoms with Crippen LogP contribution in [0.3, 0.4) is 0 Å². The Labute approximate surface area is 114 Å². The number of esters is 1. The summed E-state index contributed by atoms with van der Waals surface area (Å²) >= 11 is 1.97. The van der Waals surface area contributed by atoms with Gasteiger partial charge in [0.15, 0.2) is 0 Å². The van der Waals surface area contributed by atoms with Crippen LogP contribution in [0.2, 0.25) is 0 Å². The van der Waals surface area contributed by atoms with Crippen molar-refractivity contribution in [2.45, 2.75) is 25.8 Å². The molecule has 0 atom stereocenters. The molecule has 0 aromatic rings. The van der Waals surface area contributed by atoms with E-state index in [0.717, 1.165) is 12.8 Å². The third-order valence-electron chi connectivity index (χ3n) is 2.62. The van der Waals surface area contributed by atoms with Gasteiger partial charge in [0.05, 0.1) is 16.2 Å². The van der Waals surface area contributed by atoms with Gasteiger partial charge in [-0.1, -0.05) is 0 Å². The van der Waals surface area contributed by atoms with Crippen LogP contribution in [0.1, 0.15) is 19.8 Å². The van der Waals surface area contributed by atoms with E-state index in [9.17, 15) is 4.79 Å². The van der Waals surface area contributed by atoms with Crippen molar-refractivity contribution in [1.82, 2.24) is 0 Å². The number of aliphatic hydroxyl groups excluding tert-OH is 1. The molecule has 6 heteroatoms. The molecular weight excluding hydrogens is 335 g/mol. The molecule has 0 aromatic carbocycles. The molecule has 3 N–H and O–H groups in total. The molecule has 1 fully saturated rings. The SMILES string of the molecule is CCOC(=O)C(N)=C(I)C=NC1CC(CO)C1. The van der Waals surface area contributed by atoms with Crippen LogP contribution in [0, 0.1) is 5.92 Å². The molecule has 1 rings (SSSR count). The maximum atomic E-state index is 11.3. The predicted molar refractivity (Wildman–Crippen MR) is 74.0 cm³/mol. The highest BCUT2D eigenvalue weighted by Gasteiger charge is 2.27. The van der Waals surface area contributed by atoms with Gasteiger partial charge in [-0.05, 0) is 48.3 Å². The van der Waals surface area contributed by atoms with Gasteiger partial charge in [0.25, 0.3) is 0 Å². The van der Waals surface area contributed by atoms with Crippen molar-refractivity contribution in [3.05, 3.63) is 9.28 Å². The number of halogens is 1. The number of carbonyl (C=O) groups excluding carboxylic acids is 1. The van der Waals surface area contributed by atoms with Gasteiger partial charge >= 0.3 is 5.97 Å². The summed E-state index contributed by atoms with van der Waals surface area (Å²) in [5.41, 5.74) is 5.70. The van der Waals surface area contributed by atoms with Gasteiger partial charge in [-0.2, -0.15) is 0 Å². The zero-order valence-corrected chi connectivity index (χ0v) is 11.9. The van der Waals surface area contributed by atoms with Crippen molar-refractivity contribution < 1.29 is 14.6 Å². The van der Waals surface area contributed by atoms with Gasteiger partial charge in [-0.25, -0.2) is 4.79 Å². The molecule has 1 aliphatic rings. The van der Waals surface area contributed by atoms with E-state index in [1.54, 1.807) is 13.1 Å². The van der Waals surface area contributed by atoms with Crippen LogP contribution in [0.15, 0.2) is 14.3 Å². The third kappa shape index (κ3) is 4.27. The van der Waals surface area contributed by atoms with E-state index < -0.39 is 5.97 Å². The highest BCUT2D eigenvalue weighted by molar-refractivity contribution is 14.1. The first-order valence-electron chi connectivity index (χ1n) is 5.54. The van der Waals surface area contributed by atoms with E-state index in [-0.39, 0.29) is 18.3 Å². The Balaban J connectivity index is 2.47. The average molecular weight is 352 g/mol. The molecule has 0 saturated heterocycles. The van der Waals surface area contributed by atoms with Crippen molar-refractivity contribution in [2.24, 2.45) is 16.6 Å². The Morgan fingerprint density at radius 2 is 2.29 bits per heavy atom. The molecule has 0 aliphatic heterocycles. The number of ether oxygens (including phenoxy) is 1. The summed E-state index contributed by atoms with van der Waals surface area (Å²) in [5.74, 6) is -0.133. The number of aliphatic imine (C=N–C) groups is 1. The minimum absolute atomic E-state index is 0.0919. The normalized spacial score (nSPS) is 25.4. The van der Waals surface area contributed by atoms with Crippen LogP contribution in [0.5, 0.6) is 0 Å². The second-order valence-corrected chi connectivity index (χ2v) is 5.10. The Morgan fingerprint density at radius 3 is 2.82 bits per heavy atom. The van der Waals surface area contributed by atoms with Gasteiger partial charge in [-0.15, -0.1) is 0 Å². The van der Waals surface area contributed by atoms with E-state index in [0.29, 0.717) is 16.1 Å². The van der Waals surface area contributed by atoms with Crippen LogP contribution in [-0.2, 0) is 9.53 Å². The quantitative estimate of drug-likeness (QED) is 0.335. The van der Waals surface area contributed by atoms with E-state index in [1.807, 2.05) is 22.6 Å². The van der Waals surface area contributed by atoms with Crippen molar-refractivity contribution in [2.75, 3.05) is 13.2 Å². The molecule has 0 radical (unpaired) electrons. The van der Waals surface area contributed by atoms with Gasteiger partial charge < -0.3 is 15.6 Å². The van der Waals surface area contributed by atoms with E-state index in [4.69, 9.17) is 15.6 Å². The summed E-state index contributed by atoms with van der Waals surface area (Å²) in [5, 5.41) is 8.86. The van der Waals surface area contributed by atoms with Crippen LogP contribution >= 0.6 is 22.6 Å². The third-order valence-corrected chi connectivity index (χ3v) is 3.48. The number of nitrogens with two attached hydrogens (primary N) is 1. The van der Waals surface area contributed by atoms with Crippen molar-refractivity contribution in [1.29, 1.82) is 0 Å². The molecule has 0 heterocycles. The first-order chi connectivity index (χ1) is 8.08. The van der Waals surface area contributed by atoms with Crippen molar-refractivity contribution in [3.8, 4) is 0 Å². The molecule has 5 nitrogen and oxygen atoms in total. The summed E-state index contributed by atoms with van der Waals surface area (Å²) in [6.45, 7) is 2.26. The molecular formula is C11H17IN2O3. The summed E-state index contributed by atoms with van der Waals surface area (Å²) < 4.78 is 5.38. The van der Waals surface area contributed by atoms with E-state index in [2.05, 4.69) is 4.99 Å². The number of aliphatic hydroxyl groups is 1. The summed E-state index contributed by atoms with van der Waals surface area (Å²) in [6, 6.07) is 0.243. The van der Waals surface area contributed by atoms with Crippen LogP contribution < -0.4 is 5.73 Å². The van der Waals surface area contributed by atoms with Gasteiger partial charge in [-0.3, -0.25) is 4.99 Å². The van der Waals surface area contributed by atoms with Crippen LogP contribution in [0.4, 0.5) is 0 Å². The zero-order valence-electron chi connectivity index (χ0n) is 9.73.